The lowest BCUT2D eigenvalue weighted by molar-refractivity contribution is 0.0340. The summed E-state index contributed by atoms with van der Waals surface area (Å²) in [6.07, 6.45) is 5.42. The molecule has 1 saturated heterocycles. The lowest BCUT2D eigenvalue weighted by Crippen LogP contribution is -2.36. The summed E-state index contributed by atoms with van der Waals surface area (Å²) in [5.41, 5.74) is 3.34. The minimum atomic E-state index is 0.908. The fraction of sp³-hybridized carbons (Fsp3) is 0.714. The summed E-state index contributed by atoms with van der Waals surface area (Å²) >= 11 is 2.05. The van der Waals surface area contributed by atoms with Crippen LogP contribution in [0.2, 0.25) is 0 Å². The molecule has 2 aliphatic rings. The van der Waals surface area contributed by atoms with Crippen molar-refractivity contribution in [3.63, 3.8) is 0 Å². The number of nitrogens with zero attached hydrogens (tertiary/aromatic N) is 1. The van der Waals surface area contributed by atoms with Crippen LogP contribution < -0.4 is 0 Å². The van der Waals surface area contributed by atoms with Crippen molar-refractivity contribution in [2.24, 2.45) is 0 Å². The topological polar surface area (TPSA) is 12.5 Å². The average molecular weight is 251 g/mol. The molecule has 0 N–H and O–H groups in total. The van der Waals surface area contributed by atoms with Crippen LogP contribution in [-0.2, 0) is 24.1 Å². The summed E-state index contributed by atoms with van der Waals surface area (Å²) in [6.45, 7) is 7.48. The summed E-state index contributed by atoms with van der Waals surface area (Å²) < 4.78 is 5.42. The van der Waals surface area contributed by atoms with Crippen molar-refractivity contribution in [3.8, 4) is 0 Å². The van der Waals surface area contributed by atoms with Gasteiger partial charge in [-0.3, -0.25) is 4.90 Å². The van der Waals surface area contributed by atoms with Crippen molar-refractivity contribution in [3.05, 3.63) is 20.9 Å². The van der Waals surface area contributed by atoms with Crippen molar-refractivity contribution in [1.29, 1.82) is 0 Å². The molecule has 0 spiro atoms. The summed E-state index contributed by atoms with van der Waals surface area (Å²) in [4.78, 5) is 5.79. The Bertz CT molecular complexity index is 393. The van der Waals surface area contributed by atoms with Gasteiger partial charge in [-0.05, 0) is 43.7 Å². The van der Waals surface area contributed by atoms with Crippen molar-refractivity contribution in [2.45, 2.75) is 39.2 Å². The summed E-state index contributed by atoms with van der Waals surface area (Å²) in [7, 11) is 0. The Morgan fingerprint density at radius 2 is 1.94 bits per heavy atom. The van der Waals surface area contributed by atoms with Gasteiger partial charge in [0.1, 0.15) is 0 Å². The van der Waals surface area contributed by atoms with Crippen LogP contribution in [-0.4, -0.2) is 31.2 Å². The maximum absolute atomic E-state index is 5.42. The Balaban J connectivity index is 1.79. The molecule has 94 valence electrons. The molecule has 0 amide bonds. The number of thiophene rings is 1. The van der Waals surface area contributed by atoms with Crippen LogP contribution in [0.15, 0.2) is 0 Å². The summed E-state index contributed by atoms with van der Waals surface area (Å²) in [5.74, 6) is 0. The van der Waals surface area contributed by atoms with E-state index in [2.05, 4.69) is 11.8 Å². The molecule has 0 unspecified atom stereocenters. The molecule has 1 fully saturated rings. The average Bonchev–Trinajstić information content (AvgIpc) is 2.68. The SMILES string of the molecule is Cc1sc2c(c1CN1CCOCC1)CCCC2. The smallest absolute Gasteiger partial charge is 0.0594 e. The van der Waals surface area contributed by atoms with Gasteiger partial charge >= 0.3 is 0 Å². The van der Waals surface area contributed by atoms with Crippen LogP contribution in [0.4, 0.5) is 0 Å². The molecule has 0 bridgehead atoms. The van der Waals surface area contributed by atoms with E-state index >= 15 is 0 Å². The van der Waals surface area contributed by atoms with Crippen LogP contribution in [0, 0.1) is 6.92 Å². The van der Waals surface area contributed by atoms with Crippen LogP contribution >= 0.6 is 11.3 Å². The molecule has 1 aliphatic carbocycles. The van der Waals surface area contributed by atoms with E-state index < -0.39 is 0 Å². The minimum Gasteiger partial charge on any atom is -0.379 e. The number of rotatable bonds is 2. The highest BCUT2D eigenvalue weighted by Crippen LogP contribution is 2.34. The quantitative estimate of drug-likeness (QED) is 0.801. The molecule has 3 heteroatoms. The predicted molar refractivity (Wildman–Crippen MR) is 71.8 cm³/mol. The number of ether oxygens (including phenoxy) is 1. The Morgan fingerprint density at radius 1 is 1.18 bits per heavy atom. The van der Waals surface area contributed by atoms with Gasteiger partial charge in [0.25, 0.3) is 0 Å². The molecule has 1 aliphatic heterocycles. The maximum atomic E-state index is 5.42. The van der Waals surface area contributed by atoms with Gasteiger partial charge in [0.15, 0.2) is 0 Å². The van der Waals surface area contributed by atoms with Gasteiger partial charge < -0.3 is 4.74 Å². The molecule has 0 saturated carbocycles. The normalized spacial score (nSPS) is 21.5. The van der Waals surface area contributed by atoms with E-state index in [1.165, 1.54) is 25.7 Å². The third kappa shape index (κ3) is 2.42. The maximum Gasteiger partial charge on any atom is 0.0594 e. The molecular weight excluding hydrogens is 230 g/mol. The molecule has 2 heterocycles. The zero-order chi connectivity index (χ0) is 11.7. The van der Waals surface area contributed by atoms with Gasteiger partial charge in [-0.1, -0.05) is 0 Å². The molecule has 0 radical (unpaired) electrons. The van der Waals surface area contributed by atoms with Gasteiger partial charge in [0.2, 0.25) is 0 Å². The van der Waals surface area contributed by atoms with Gasteiger partial charge in [-0.15, -0.1) is 11.3 Å². The lowest BCUT2D eigenvalue weighted by Gasteiger charge is -2.27. The third-order valence-corrected chi connectivity index (χ3v) is 5.22. The minimum absolute atomic E-state index is 0.908. The van der Waals surface area contributed by atoms with E-state index in [4.69, 9.17) is 4.74 Å². The first-order valence-electron chi connectivity index (χ1n) is 6.74. The number of hydrogen-bond donors (Lipinski definition) is 0. The second-order valence-electron chi connectivity index (χ2n) is 5.13. The standard InChI is InChI=1S/C14H21NOS/c1-11-13(10-15-6-8-16-9-7-15)12-4-2-3-5-14(12)17-11/h2-10H2,1H3. The number of hydrogen-bond acceptors (Lipinski definition) is 3. The Morgan fingerprint density at radius 3 is 2.76 bits per heavy atom. The molecule has 0 aromatic carbocycles. The molecule has 3 rings (SSSR count). The van der Waals surface area contributed by atoms with Crippen molar-refractivity contribution in [1.82, 2.24) is 4.90 Å². The number of fused-ring (bicyclic) bond motifs is 1. The van der Waals surface area contributed by atoms with E-state index in [1.807, 2.05) is 11.3 Å². The molecule has 2 nitrogen and oxygen atoms in total. The Hall–Kier alpha value is -0.380. The number of morpholine rings is 1. The molecule has 0 atom stereocenters. The fourth-order valence-corrected chi connectivity index (χ4v) is 4.23. The first kappa shape index (κ1) is 11.7. The van der Waals surface area contributed by atoms with Gasteiger partial charge in [-0.25, -0.2) is 0 Å². The lowest BCUT2D eigenvalue weighted by atomic mass is 9.94. The second kappa shape index (κ2) is 5.09. The highest BCUT2D eigenvalue weighted by molar-refractivity contribution is 7.12. The second-order valence-corrected chi connectivity index (χ2v) is 6.44. The van der Waals surface area contributed by atoms with Crippen LogP contribution in [0.5, 0.6) is 0 Å². The van der Waals surface area contributed by atoms with E-state index in [0.717, 1.165) is 32.8 Å². The first-order chi connectivity index (χ1) is 8.34. The van der Waals surface area contributed by atoms with Gasteiger partial charge in [0, 0.05) is 29.4 Å². The zero-order valence-electron chi connectivity index (χ0n) is 10.6. The van der Waals surface area contributed by atoms with E-state index in [1.54, 1.807) is 20.9 Å². The third-order valence-electron chi connectivity index (χ3n) is 3.97. The highest BCUT2D eigenvalue weighted by atomic mass is 32.1. The monoisotopic (exact) mass is 251 g/mol. The van der Waals surface area contributed by atoms with E-state index in [-0.39, 0.29) is 0 Å². The Labute approximate surface area is 108 Å². The highest BCUT2D eigenvalue weighted by Gasteiger charge is 2.21. The van der Waals surface area contributed by atoms with Crippen molar-refractivity contribution >= 4 is 11.3 Å². The summed E-state index contributed by atoms with van der Waals surface area (Å²) in [6, 6.07) is 0. The molecule has 17 heavy (non-hydrogen) atoms. The van der Waals surface area contributed by atoms with Gasteiger partial charge in [0.05, 0.1) is 13.2 Å². The molecule has 1 aromatic rings. The van der Waals surface area contributed by atoms with Crippen molar-refractivity contribution < 1.29 is 4.74 Å². The van der Waals surface area contributed by atoms with Crippen LogP contribution in [0.25, 0.3) is 0 Å². The molecular formula is C14H21NOS. The first-order valence-corrected chi connectivity index (χ1v) is 7.56. The largest absolute Gasteiger partial charge is 0.379 e. The van der Waals surface area contributed by atoms with Crippen LogP contribution in [0.1, 0.15) is 33.7 Å². The molecule has 1 aromatic heterocycles. The fourth-order valence-electron chi connectivity index (χ4n) is 2.96. The van der Waals surface area contributed by atoms with Crippen molar-refractivity contribution in [2.75, 3.05) is 26.3 Å². The van der Waals surface area contributed by atoms with Gasteiger partial charge in [-0.2, -0.15) is 0 Å². The Kier molecular flexibility index (Phi) is 3.50. The predicted octanol–water partition coefficient (Wildman–Crippen LogP) is 2.77. The summed E-state index contributed by atoms with van der Waals surface area (Å²) in [5, 5.41) is 0. The van der Waals surface area contributed by atoms with Crippen LogP contribution in [0.3, 0.4) is 0 Å². The van der Waals surface area contributed by atoms with E-state index in [0.29, 0.717) is 0 Å². The number of aryl methyl sites for hydroxylation is 2. The zero-order valence-corrected chi connectivity index (χ0v) is 11.4. The van der Waals surface area contributed by atoms with E-state index in [9.17, 15) is 0 Å².